The summed E-state index contributed by atoms with van der Waals surface area (Å²) >= 11 is 0. The lowest BCUT2D eigenvalue weighted by Crippen LogP contribution is -2.36. The number of benzene rings is 1. The summed E-state index contributed by atoms with van der Waals surface area (Å²) in [5.41, 5.74) is 0.968. The highest BCUT2D eigenvalue weighted by Gasteiger charge is 2.14. The van der Waals surface area contributed by atoms with Gasteiger partial charge in [0.15, 0.2) is 11.5 Å². The molecule has 0 aliphatic rings. The molecular formula is C14H21NO2. The molecule has 0 radical (unpaired) electrons. The molecule has 1 aromatic carbocycles. The van der Waals surface area contributed by atoms with Gasteiger partial charge in [-0.05, 0) is 19.9 Å². The Kier molecular flexibility index (Phi) is 4.58. The van der Waals surface area contributed by atoms with Gasteiger partial charge in [0.2, 0.25) is 0 Å². The molecule has 1 aromatic rings. The molecule has 0 fully saturated rings. The topological polar surface area (TPSA) is 30.5 Å². The highest BCUT2D eigenvalue weighted by atomic mass is 16.5. The quantitative estimate of drug-likeness (QED) is 0.769. The second-order valence-electron chi connectivity index (χ2n) is 4.43. The molecule has 1 N–H and O–H groups in total. The van der Waals surface area contributed by atoms with Crippen molar-refractivity contribution in [3.8, 4) is 11.5 Å². The van der Waals surface area contributed by atoms with Gasteiger partial charge in [0.1, 0.15) is 0 Å². The van der Waals surface area contributed by atoms with Gasteiger partial charge in [0.25, 0.3) is 0 Å². The number of para-hydroxylation sites is 1. The van der Waals surface area contributed by atoms with E-state index in [-0.39, 0.29) is 5.54 Å². The SMILES string of the molecule is C=CC(C)(C)NCc1cccc(OC)c1OC. The fraction of sp³-hybridized carbons (Fsp3) is 0.429. The molecule has 0 unspecified atom stereocenters. The Morgan fingerprint density at radius 3 is 2.53 bits per heavy atom. The van der Waals surface area contributed by atoms with Crippen molar-refractivity contribution in [2.24, 2.45) is 0 Å². The third kappa shape index (κ3) is 3.49. The maximum absolute atomic E-state index is 5.38. The van der Waals surface area contributed by atoms with Crippen molar-refractivity contribution in [3.63, 3.8) is 0 Å². The summed E-state index contributed by atoms with van der Waals surface area (Å²) in [6, 6.07) is 5.87. The van der Waals surface area contributed by atoms with Crippen LogP contribution < -0.4 is 14.8 Å². The minimum Gasteiger partial charge on any atom is -0.493 e. The second-order valence-corrected chi connectivity index (χ2v) is 4.43. The number of nitrogens with one attached hydrogen (secondary N) is 1. The summed E-state index contributed by atoms with van der Waals surface area (Å²) in [5, 5.41) is 3.40. The maximum atomic E-state index is 5.38. The number of hydrogen-bond acceptors (Lipinski definition) is 3. The summed E-state index contributed by atoms with van der Waals surface area (Å²) in [6.07, 6.45) is 1.89. The first-order chi connectivity index (χ1) is 8.04. The zero-order chi connectivity index (χ0) is 12.9. The molecular weight excluding hydrogens is 214 g/mol. The smallest absolute Gasteiger partial charge is 0.165 e. The van der Waals surface area contributed by atoms with Crippen LogP contribution in [-0.2, 0) is 6.54 Å². The van der Waals surface area contributed by atoms with E-state index in [0.717, 1.165) is 17.1 Å². The zero-order valence-electron chi connectivity index (χ0n) is 11.0. The van der Waals surface area contributed by atoms with Crippen molar-refractivity contribution in [1.82, 2.24) is 5.32 Å². The van der Waals surface area contributed by atoms with E-state index in [1.54, 1.807) is 14.2 Å². The highest BCUT2D eigenvalue weighted by Crippen LogP contribution is 2.30. The Morgan fingerprint density at radius 2 is 2.00 bits per heavy atom. The Morgan fingerprint density at radius 1 is 1.29 bits per heavy atom. The predicted molar refractivity (Wildman–Crippen MR) is 70.7 cm³/mol. The molecule has 0 bridgehead atoms. The molecule has 0 amide bonds. The van der Waals surface area contributed by atoms with Crippen LogP contribution in [0, 0.1) is 0 Å². The van der Waals surface area contributed by atoms with Crippen LogP contribution in [0.2, 0.25) is 0 Å². The van der Waals surface area contributed by atoms with Gasteiger partial charge in [0, 0.05) is 17.6 Å². The first-order valence-electron chi connectivity index (χ1n) is 5.62. The Hall–Kier alpha value is -1.48. The van der Waals surface area contributed by atoms with Crippen molar-refractivity contribution in [2.45, 2.75) is 25.9 Å². The molecule has 94 valence electrons. The van der Waals surface area contributed by atoms with Gasteiger partial charge < -0.3 is 14.8 Å². The van der Waals surface area contributed by atoms with E-state index < -0.39 is 0 Å². The van der Waals surface area contributed by atoms with Gasteiger partial charge >= 0.3 is 0 Å². The fourth-order valence-corrected chi connectivity index (χ4v) is 1.49. The maximum Gasteiger partial charge on any atom is 0.165 e. The number of ether oxygens (including phenoxy) is 2. The largest absolute Gasteiger partial charge is 0.493 e. The molecule has 17 heavy (non-hydrogen) atoms. The van der Waals surface area contributed by atoms with Gasteiger partial charge in [-0.15, -0.1) is 6.58 Å². The van der Waals surface area contributed by atoms with Crippen molar-refractivity contribution in [1.29, 1.82) is 0 Å². The summed E-state index contributed by atoms with van der Waals surface area (Å²) < 4.78 is 10.6. The van der Waals surface area contributed by atoms with E-state index in [0.29, 0.717) is 6.54 Å². The van der Waals surface area contributed by atoms with E-state index in [9.17, 15) is 0 Å². The van der Waals surface area contributed by atoms with E-state index >= 15 is 0 Å². The van der Waals surface area contributed by atoms with Gasteiger partial charge in [-0.1, -0.05) is 18.2 Å². The zero-order valence-corrected chi connectivity index (χ0v) is 11.0. The standard InChI is InChI=1S/C14H21NO2/c1-6-14(2,3)15-10-11-8-7-9-12(16-4)13(11)17-5/h6-9,15H,1,10H2,2-5H3. The molecule has 0 saturated carbocycles. The third-order valence-electron chi connectivity index (χ3n) is 2.73. The van der Waals surface area contributed by atoms with E-state index in [2.05, 4.69) is 25.7 Å². The minimum absolute atomic E-state index is 0.103. The Balaban J connectivity index is 2.87. The number of rotatable bonds is 6. The van der Waals surface area contributed by atoms with Crippen molar-refractivity contribution >= 4 is 0 Å². The number of methoxy groups -OCH3 is 2. The molecule has 3 nitrogen and oxygen atoms in total. The highest BCUT2D eigenvalue weighted by molar-refractivity contribution is 5.46. The van der Waals surface area contributed by atoms with Gasteiger partial charge in [-0.25, -0.2) is 0 Å². The second kappa shape index (κ2) is 5.73. The van der Waals surface area contributed by atoms with E-state index in [1.807, 2.05) is 24.3 Å². The summed E-state index contributed by atoms with van der Waals surface area (Å²) in [4.78, 5) is 0. The lowest BCUT2D eigenvalue weighted by Gasteiger charge is -2.23. The lowest BCUT2D eigenvalue weighted by atomic mass is 10.1. The van der Waals surface area contributed by atoms with Crippen LogP contribution in [0.5, 0.6) is 11.5 Å². The normalized spacial score (nSPS) is 11.1. The molecule has 0 aromatic heterocycles. The molecule has 3 heteroatoms. The molecule has 0 heterocycles. The van der Waals surface area contributed by atoms with Crippen LogP contribution in [-0.4, -0.2) is 19.8 Å². The van der Waals surface area contributed by atoms with Crippen molar-refractivity contribution in [3.05, 3.63) is 36.4 Å². The Labute approximate surface area is 103 Å². The van der Waals surface area contributed by atoms with Gasteiger partial charge in [-0.2, -0.15) is 0 Å². The van der Waals surface area contributed by atoms with Crippen molar-refractivity contribution in [2.75, 3.05) is 14.2 Å². The average molecular weight is 235 g/mol. The Bertz CT molecular complexity index is 386. The molecule has 0 atom stereocenters. The molecule has 0 aliphatic heterocycles. The predicted octanol–water partition coefficient (Wildman–Crippen LogP) is 2.76. The van der Waals surface area contributed by atoms with Crippen LogP contribution in [0.3, 0.4) is 0 Å². The number of hydrogen-bond donors (Lipinski definition) is 1. The summed E-state index contributed by atoms with van der Waals surface area (Å²) in [5.74, 6) is 1.53. The van der Waals surface area contributed by atoms with Crippen LogP contribution in [0.4, 0.5) is 0 Å². The monoisotopic (exact) mass is 235 g/mol. The van der Waals surface area contributed by atoms with E-state index in [1.165, 1.54) is 0 Å². The lowest BCUT2D eigenvalue weighted by molar-refractivity contribution is 0.348. The van der Waals surface area contributed by atoms with Crippen LogP contribution in [0.25, 0.3) is 0 Å². The molecule has 1 rings (SSSR count). The van der Waals surface area contributed by atoms with Crippen LogP contribution in [0.1, 0.15) is 19.4 Å². The third-order valence-corrected chi connectivity index (χ3v) is 2.73. The first-order valence-corrected chi connectivity index (χ1v) is 5.62. The minimum atomic E-state index is -0.103. The van der Waals surface area contributed by atoms with Crippen LogP contribution in [0.15, 0.2) is 30.9 Å². The summed E-state index contributed by atoms with van der Waals surface area (Å²) in [6.45, 7) is 8.66. The molecule has 0 aliphatic carbocycles. The van der Waals surface area contributed by atoms with Crippen molar-refractivity contribution < 1.29 is 9.47 Å². The van der Waals surface area contributed by atoms with Gasteiger partial charge in [-0.3, -0.25) is 0 Å². The van der Waals surface area contributed by atoms with Crippen LogP contribution >= 0.6 is 0 Å². The average Bonchev–Trinajstić information content (AvgIpc) is 2.35. The molecule has 0 spiro atoms. The first kappa shape index (κ1) is 13.6. The van der Waals surface area contributed by atoms with E-state index in [4.69, 9.17) is 9.47 Å². The molecule has 0 saturated heterocycles. The summed E-state index contributed by atoms with van der Waals surface area (Å²) in [7, 11) is 3.29. The van der Waals surface area contributed by atoms with Gasteiger partial charge in [0.05, 0.1) is 14.2 Å². The fourth-order valence-electron chi connectivity index (χ4n) is 1.49.